The Morgan fingerprint density at radius 2 is 2.07 bits per heavy atom. The molecule has 0 atom stereocenters. The van der Waals surface area contributed by atoms with E-state index in [4.69, 9.17) is 4.42 Å². The molecule has 0 aliphatic carbocycles. The molecule has 0 spiro atoms. The third-order valence-corrected chi connectivity index (χ3v) is 5.41. The number of aromatic nitrogens is 2. The van der Waals surface area contributed by atoms with Crippen molar-refractivity contribution in [2.45, 2.75) is 32.4 Å². The van der Waals surface area contributed by atoms with Crippen molar-refractivity contribution in [2.75, 3.05) is 21.7 Å². The van der Waals surface area contributed by atoms with Crippen LogP contribution in [0.1, 0.15) is 29.7 Å². The third kappa shape index (κ3) is 3.37. The lowest BCUT2D eigenvalue weighted by Crippen LogP contribution is -2.23. The van der Waals surface area contributed by atoms with Gasteiger partial charge in [-0.05, 0) is 30.2 Å². The van der Waals surface area contributed by atoms with Gasteiger partial charge < -0.3 is 19.5 Å². The minimum absolute atomic E-state index is 0.124. The maximum atomic E-state index is 12.5. The van der Waals surface area contributed by atoms with Crippen molar-refractivity contribution in [1.82, 2.24) is 10.2 Å². The highest BCUT2D eigenvalue weighted by Gasteiger charge is 2.27. The van der Waals surface area contributed by atoms with E-state index in [0.29, 0.717) is 25.3 Å². The lowest BCUT2D eigenvalue weighted by atomic mass is 10.1. The molecule has 8 nitrogen and oxygen atoms in total. The summed E-state index contributed by atoms with van der Waals surface area (Å²) in [6.45, 7) is 2.06. The zero-order valence-corrected chi connectivity index (χ0v) is 15.9. The van der Waals surface area contributed by atoms with Crippen LogP contribution in [0.2, 0.25) is 0 Å². The van der Waals surface area contributed by atoms with Crippen LogP contribution in [0.3, 0.4) is 0 Å². The quantitative estimate of drug-likeness (QED) is 0.697. The first-order chi connectivity index (χ1) is 14.2. The number of fused-ring (bicyclic) bond motifs is 1. The minimum atomic E-state index is -0.124. The number of anilines is 3. The summed E-state index contributed by atoms with van der Waals surface area (Å²) in [7, 11) is 0. The second-order valence-corrected chi connectivity index (χ2v) is 7.38. The van der Waals surface area contributed by atoms with Gasteiger partial charge in [0.2, 0.25) is 11.8 Å². The van der Waals surface area contributed by atoms with Crippen molar-refractivity contribution >= 4 is 29.2 Å². The fraction of sp³-hybridized carbons (Fsp3) is 0.286. The molecule has 4 heterocycles. The molecule has 0 bridgehead atoms. The largest absolute Gasteiger partial charge is 0.449 e. The molecular formula is C21H21N5O3. The van der Waals surface area contributed by atoms with Gasteiger partial charge >= 0.3 is 0 Å². The number of nitrogens with zero attached hydrogens (tertiary/aromatic N) is 3. The first-order valence-electron chi connectivity index (χ1n) is 9.71. The van der Waals surface area contributed by atoms with E-state index in [0.717, 1.165) is 41.4 Å². The van der Waals surface area contributed by atoms with Crippen LogP contribution in [0, 0.1) is 0 Å². The molecule has 3 aromatic rings. The summed E-state index contributed by atoms with van der Waals surface area (Å²) in [5.41, 5.74) is 3.75. The monoisotopic (exact) mass is 391 g/mol. The number of hydrogen-bond acceptors (Lipinski definition) is 5. The molecule has 8 heteroatoms. The van der Waals surface area contributed by atoms with Gasteiger partial charge in [-0.3, -0.25) is 14.7 Å². The zero-order chi connectivity index (χ0) is 19.8. The molecule has 2 aliphatic rings. The molecule has 1 fully saturated rings. The second-order valence-electron chi connectivity index (χ2n) is 7.38. The Morgan fingerprint density at radius 1 is 1.21 bits per heavy atom. The number of carbonyl (C=O) groups is 2. The molecule has 0 radical (unpaired) electrons. The number of hydrogen-bond donors (Lipinski definition) is 2. The summed E-state index contributed by atoms with van der Waals surface area (Å²) in [5.74, 6) is 1.40. The second kappa shape index (κ2) is 7.12. The Balaban J connectivity index is 1.22. The Bertz CT molecular complexity index is 1040. The summed E-state index contributed by atoms with van der Waals surface area (Å²) in [5, 5.41) is 10.2. The summed E-state index contributed by atoms with van der Waals surface area (Å²) in [6, 6.07) is 11.4. The maximum Gasteiger partial charge on any atom is 0.230 e. The Hall–Kier alpha value is -3.55. The van der Waals surface area contributed by atoms with Crippen LogP contribution < -0.4 is 15.1 Å². The van der Waals surface area contributed by atoms with Gasteiger partial charge in [-0.1, -0.05) is 12.1 Å². The summed E-state index contributed by atoms with van der Waals surface area (Å²) in [6.07, 6.45) is 3.40. The molecule has 2 aromatic heterocycles. The van der Waals surface area contributed by atoms with Gasteiger partial charge in [0.1, 0.15) is 0 Å². The molecule has 0 saturated carbocycles. The molecule has 5 rings (SSSR count). The topological polar surface area (TPSA) is 94.5 Å². The van der Waals surface area contributed by atoms with Crippen molar-refractivity contribution in [3.8, 4) is 0 Å². The number of carbonyl (C=O) groups excluding carboxylic acids is 2. The van der Waals surface area contributed by atoms with E-state index in [9.17, 15) is 9.59 Å². The molecule has 29 heavy (non-hydrogen) atoms. The molecule has 1 saturated heterocycles. The normalized spacial score (nSPS) is 15.8. The highest BCUT2D eigenvalue weighted by atomic mass is 16.3. The van der Waals surface area contributed by atoms with Gasteiger partial charge in [0.25, 0.3) is 0 Å². The predicted octanol–water partition coefficient (Wildman–Crippen LogP) is 2.83. The Morgan fingerprint density at radius 3 is 2.79 bits per heavy atom. The summed E-state index contributed by atoms with van der Waals surface area (Å²) < 4.78 is 5.45. The molecule has 2 aliphatic heterocycles. The molecule has 0 unspecified atom stereocenters. The highest BCUT2D eigenvalue weighted by molar-refractivity contribution is 5.95. The molecular weight excluding hydrogens is 370 g/mol. The Kier molecular flexibility index (Phi) is 4.31. The van der Waals surface area contributed by atoms with Crippen LogP contribution in [0.15, 0.2) is 47.1 Å². The average Bonchev–Trinajstić information content (AvgIpc) is 3.48. The number of nitrogens with one attached hydrogen (secondary N) is 2. The lowest BCUT2D eigenvalue weighted by molar-refractivity contribution is -0.117. The fourth-order valence-electron chi connectivity index (χ4n) is 3.93. The van der Waals surface area contributed by atoms with Crippen LogP contribution in [0.5, 0.6) is 0 Å². The van der Waals surface area contributed by atoms with E-state index >= 15 is 0 Å². The number of aromatic amines is 1. The summed E-state index contributed by atoms with van der Waals surface area (Å²) in [4.78, 5) is 28.2. The fourth-order valence-corrected chi connectivity index (χ4v) is 3.93. The number of amides is 2. The minimum Gasteiger partial charge on any atom is -0.449 e. The standard InChI is InChI=1S/C21H21N5O3/c27-18(11-14-5-7-15(8-6-14)26-9-1-3-19(26)28)22-21-16-12-25(13-17(16)23-24-21)20-4-2-10-29-20/h2,4-8,10H,1,3,9,11-13H2,(H2,22,23,24,27). The van der Waals surface area contributed by atoms with E-state index in [1.165, 1.54) is 0 Å². The molecule has 1 aromatic carbocycles. The van der Waals surface area contributed by atoms with E-state index in [-0.39, 0.29) is 18.2 Å². The first kappa shape index (κ1) is 17.5. The van der Waals surface area contributed by atoms with Gasteiger partial charge in [-0.2, -0.15) is 5.10 Å². The van der Waals surface area contributed by atoms with Gasteiger partial charge in [0, 0.05) is 30.3 Å². The van der Waals surface area contributed by atoms with Crippen LogP contribution >= 0.6 is 0 Å². The van der Waals surface area contributed by atoms with Crippen LogP contribution in [-0.4, -0.2) is 28.6 Å². The predicted molar refractivity (Wildman–Crippen MR) is 108 cm³/mol. The maximum absolute atomic E-state index is 12.5. The van der Waals surface area contributed by atoms with Gasteiger partial charge in [0.15, 0.2) is 11.7 Å². The van der Waals surface area contributed by atoms with E-state index < -0.39 is 0 Å². The van der Waals surface area contributed by atoms with Gasteiger partial charge in [0.05, 0.1) is 31.5 Å². The first-order valence-corrected chi connectivity index (χ1v) is 9.71. The SMILES string of the molecule is O=C(Cc1ccc(N2CCCC2=O)cc1)Nc1n[nH]c2c1CN(c1ccco1)C2. The van der Waals surface area contributed by atoms with Crippen molar-refractivity contribution < 1.29 is 14.0 Å². The third-order valence-electron chi connectivity index (χ3n) is 5.41. The molecule has 2 N–H and O–H groups in total. The smallest absolute Gasteiger partial charge is 0.230 e. The lowest BCUT2D eigenvalue weighted by Gasteiger charge is -2.16. The Labute approximate surface area is 167 Å². The van der Waals surface area contributed by atoms with Crippen molar-refractivity contribution in [3.63, 3.8) is 0 Å². The van der Waals surface area contributed by atoms with Gasteiger partial charge in [-0.15, -0.1) is 0 Å². The van der Waals surface area contributed by atoms with Crippen LogP contribution in [0.25, 0.3) is 0 Å². The number of rotatable bonds is 5. The molecule has 2 amide bonds. The van der Waals surface area contributed by atoms with E-state index in [1.54, 1.807) is 11.2 Å². The average molecular weight is 391 g/mol. The highest BCUT2D eigenvalue weighted by Crippen LogP contribution is 2.31. The van der Waals surface area contributed by atoms with Gasteiger partial charge in [-0.25, -0.2) is 0 Å². The number of furan rings is 1. The summed E-state index contributed by atoms with van der Waals surface area (Å²) >= 11 is 0. The van der Waals surface area contributed by atoms with Crippen molar-refractivity contribution in [3.05, 3.63) is 59.5 Å². The number of H-pyrrole nitrogens is 1. The van der Waals surface area contributed by atoms with Crippen LogP contribution in [-0.2, 0) is 29.1 Å². The number of benzene rings is 1. The van der Waals surface area contributed by atoms with Crippen molar-refractivity contribution in [1.29, 1.82) is 0 Å². The van der Waals surface area contributed by atoms with Crippen LogP contribution in [0.4, 0.5) is 17.4 Å². The van der Waals surface area contributed by atoms with E-state index in [2.05, 4.69) is 20.4 Å². The zero-order valence-electron chi connectivity index (χ0n) is 15.9. The van der Waals surface area contributed by atoms with E-state index in [1.807, 2.05) is 36.4 Å². The molecule has 148 valence electrons. The van der Waals surface area contributed by atoms with Crippen molar-refractivity contribution in [2.24, 2.45) is 0 Å².